The van der Waals surface area contributed by atoms with Crippen molar-refractivity contribution in [2.45, 2.75) is 40.2 Å². The summed E-state index contributed by atoms with van der Waals surface area (Å²) < 4.78 is 17.2. The fourth-order valence-corrected chi connectivity index (χ4v) is 4.62. The molecule has 0 heterocycles. The second kappa shape index (κ2) is 10.7. The Morgan fingerprint density at radius 3 is 1.86 bits per heavy atom. The summed E-state index contributed by atoms with van der Waals surface area (Å²) in [5, 5.41) is 0. The lowest BCUT2D eigenvalue weighted by Crippen LogP contribution is -2.47. The molecule has 21 heavy (non-hydrogen) atoms. The average Bonchev–Trinajstić information content (AvgIpc) is 2.38. The third-order valence-electron chi connectivity index (χ3n) is 2.80. The fraction of sp³-hybridized carbons (Fsp3) is 0.846. The first-order valence-electron chi connectivity index (χ1n) is 7.36. The van der Waals surface area contributed by atoms with Crippen LogP contribution < -0.4 is 5.73 Å². The summed E-state index contributed by atoms with van der Waals surface area (Å²) in [5.41, 5.74) is 5.13. The molecule has 0 bridgehead atoms. The summed E-state index contributed by atoms with van der Waals surface area (Å²) in [4.78, 5) is 23.8. The van der Waals surface area contributed by atoms with Crippen molar-refractivity contribution in [3.63, 3.8) is 0 Å². The van der Waals surface area contributed by atoms with E-state index in [4.69, 9.17) is 19.0 Å². The summed E-state index contributed by atoms with van der Waals surface area (Å²) >= 11 is 0. The molecule has 0 fully saturated rings. The highest BCUT2D eigenvalue weighted by Gasteiger charge is 2.39. The van der Waals surface area contributed by atoms with Crippen LogP contribution in [-0.2, 0) is 22.9 Å². The van der Waals surface area contributed by atoms with E-state index in [9.17, 15) is 9.59 Å². The van der Waals surface area contributed by atoms with Gasteiger partial charge in [0.2, 0.25) is 11.8 Å². The molecule has 0 saturated heterocycles. The number of rotatable bonds is 12. The first-order chi connectivity index (χ1) is 9.90. The van der Waals surface area contributed by atoms with Crippen LogP contribution in [0.5, 0.6) is 0 Å². The van der Waals surface area contributed by atoms with Gasteiger partial charge in [-0.15, -0.1) is 0 Å². The minimum Gasteiger partial charge on any atom is -0.374 e. The van der Waals surface area contributed by atoms with Gasteiger partial charge in [-0.05, 0) is 27.2 Å². The SMILES string of the molecule is CCO[Si](CCCN(CC(N)=O)C(C)=O)(OCC)OCC. The molecule has 8 heteroatoms. The monoisotopic (exact) mass is 320 g/mol. The van der Waals surface area contributed by atoms with E-state index >= 15 is 0 Å². The number of carbonyl (C=O) groups excluding carboxylic acids is 2. The Morgan fingerprint density at radius 1 is 1.05 bits per heavy atom. The molecular formula is C13H28N2O5Si. The minimum atomic E-state index is -2.69. The second-order valence-electron chi connectivity index (χ2n) is 4.49. The maximum absolute atomic E-state index is 11.4. The molecule has 0 rings (SSSR count). The summed E-state index contributed by atoms with van der Waals surface area (Å²) in [6.45, 7) is 9.03. The van der Waals surface area contributed by atoms with E-state index in [2.05, 4.69) is 0 Å². The molecule has 0 aromatic rings. The molecular weight excluding hydrogens is 292 g/mol. The molecule has 0 aliphatic carbocycles. The Morgan fingerprint density at radius 2 is 1.52 bits per heavy atom. The van der Waals surface area contributed by atoms with Crippen LogP contribution in [0.1, 0.15) is 34.1 Å². The van der Waals surface area contributed by atoms with Gasteiger partial charge in [-0.25, -0.2) is 0 Å². The molecule has 0 aliphatic heterocycles. The van der Waals surface area contributed by atoms with Crippen LogP contribution in [0.15, 0.2) is 0 Å². The predicted octanol–water partition coefficient (Wildman–Crippen LogP) is 0.759. The van der Waals surface area contributed by atoms with Gasteiger partial charge in [0.05, 0.1) is 6.54 Å². The first kappa shape index (κ1) is 20.0. The first-order valence-corrected chi connectivity index (χ1v) is 9.29. The summed E-state index contributed by atoms with van der Waals surface area (Å²) in [5.74, 6) is -0.696. The normalized spacial score (nSPS) is 11.4. The molecule has 0 unspecified atom stereocenters. The Bertz CT molecular complexity index is 311. The smallest absolute Gasteiger partial charge is 0.374 e. The molecule has 2 amide bonds. The van der Waals surface area contributed by atoms with Crippen LogP contribution >= 0.6 is 0 Å². The second-order valence-corrected chi connectivity index (χ2v) is 7.22. The van der Waals surface area contributed by atoms with E-state index in [1.54, 1.807) is 0 Å². The number of hydrogen-bond acceptors (Lipinski definition) is 5. The highest BCUT2D eigenvalue weighted by atomic mass is 28.4. The van der Waals surface area contributed by atoms with E-state index in [0.717, 1.165) is 0 Å². The van der Waals surface area contributed by atoms with Crippen LogP contribution in [0.3, 0.4) is 0 Å². The van der Waals surface area contributed by atoms with Crippen LogP contribution in [0.4, 0.5) is 0 Å². The zero-order valence-corrected chi connectivity index (χ0v) is 14.5. The van der Waals surface area contributed by atoms with E-state index in [0.29, 0.717) is 38.8 Å². The van der Waals surface area contributed by atoms with Crippen molar-refractivity contribution in [1.29, 1.82) is 0 Å². The highest BCUT2D eigenvalue weighted by molar-refractivity contribution is 6.60. The quantitative estimate of drug-likeness (QED) is 0.536. The predicted molar refractivity (Wildman–Crippen MR) is 81.5 cm³/mol. The van der Waals surface area contributed by atoms with Gasteiger partial charge in [0.25, 0.3) is 0 Å². The third kappa shape index (κ3) is 8.15. The lowest BCUT2D eigenvalue weighted by Gasteiger charge is -2.29. The van der Waals surface area contributed by atoms with Crippen LogP contribution in [0.25, 0.3) is 0 Å². The molecule has 0 radical (unpaired) electrons. The van der Waals surface area contributed by atoms with E-state index in [1.165, 1.54) is 11.8 Å². The summed E-state index contributed by atoms with van der Waals surface area (Å²) in [7, 11) is -2.69. The molecule has 0 saturated carbocycles. The number of primary amides is 1. The van der Waals surface area contributed by atoms with Gasteiger partial charge < -0.3 is 23.9 Å². The fourth-order valence-electron chi connectivity index (χ4n) is 2.02. The van der Waals surface area contributed by atoms with Crippen molar-refractivity contribution >= 4 is 20.6 Å². The topological polar surface area (TPSA) is 91.1 Å². The zero-order chi connectivity index (χ0) is 16.3. The molecule has 2 N–H and O–H groups in total. The maximum Gasteiger partial charge on any atom is 0.500 e. The van der Waals surface area contributed by atoms with Crippen molar-refractivity contribution in [1.82, 2.24) is 4.90 Å². The van der Waals surface area contributed by atoms with Crippen molar-refractivity contribution in [3.05, 3.63) is 0 Å². The highest BCUT2D eigenvalue weighted by Crippen LogP contribution is 2.18. The number of hydrogen-bond donors (Lipinski definition) is 1. The maximum atomic E-state index is 11.4. The van der Waals surface area contributed by atoms with E-state index in [-0.39, 0.29) is 12.5 Å². The van der Waals surface area contributed by atoms with Gasteiger partial charge in [0.1, 0.15) is 0 Å². The van der Waals surface area contributed by atoms with Gasteiger partial charge >= 0.3 is 8.80 Å². The molecule has 7 nitrogen and oxygen atoms in total. The van der Waals surface area contributed by atoms with Gasteiger partial charge in [-0.1, -0.05) is 0 Å². The molecule has 0 spiro atoms. The molecule has 124 valence electrons. The molecule has 0 aromatic carbocycles. The lowest BCUT2D eigenvalue weighted by molar-refractivity contribution is -0.133. The van der Waals surface area contributed by atoms with Gasteiger partial charge in [-0.3, -0.25) is 9.59 Å². The average molecular weight is 320 g/mol. The third-order valence-corrected chi connectivity index (χ3v) is 5.95. The standard InChI is InChI=1S/C13H28N2O5Si/c1-5-18-21(19-6-2,20-7-3)10-8-9-15(12(4)16)11-13(14)17/h5-11H2,1-4H3,(H2,14,17). The van der Waals surface area contributed by atoms with Gasteiger partial charge in [0.15, 0.2) is 0 Å². The summed E-state index contributed by atoms with van der Waals surface area (Å²) in [6, 6.07) is 0.602. The van der Waals surface area contributed by atoms with Crippen molar-refractivity contribution in [2.75, 3.05) is 32.9 Å². The van der Waals surface area contributed by atoms with Crippen LogP contribution in [0, 0.1) is 0 Å². The van der Waals surface area contributed by atoms with Crippen LogP contribution in [-0.4, -0.2) is 58.4 Å². The number of nitrogens with two attached hydrogens (primary N) is 1. The Kier molecular flexibility index (Phi) is 10.2. The minimum absolute atomic E-state index is 0.0677. The molecule has 0 atom stereocenters. The van der Waals surface area contributed by atoms with E-state index in [1.807, 2.05) is 20.8 Å². The molecule has 0 aromatic heterocycles. The number of nitrogens with zero attached hydrogens (tertiary/aromatic N) is 1. The van der Waals surface area contributed by atoms with Crippen molar-refractivity contribution < 1.29 is 22.9 Å². The Labute approximate surface area is 128 Å². The largest absolute Gasteiger partial charge is 0.500 e. The lowest BCUT2D eigenvalue weighted by atomic mass is 10.4. The van der Waals surface area contributed by atoms with E-state index < -0.39 is 14.7 Å². The summed E-state index contributed by atoms with van der Waals surface area (Å²) in [6.07, 6.45) is 0.638. The Balaban J connectivity index is 4.57. The van der Waals surface area contributed by atoms with Gasteiger partial charge in [-0.2, -0.15) is 0 Å². The zero-order valence-electron chi connectivity index (χ0n) is 13.5. The number of amides is 2. The molecule has 0 aliphatic rings. The van der Waals surface area contributed by atoms with Crippen LogP contribution in [0.2, 0.25) is 6.04 Å². The van der Waals surface area contributed by atoms with Gasteiger partial charge in [0, 0.05) is 39.3 Å². The van der Waals surface area contributed by atoms with Crippen molar-refractivity contribution in [3.8, 4) is 0 Å². The Hall–Kier alpha value is -0.963. The van der Waals surface area contributed by atoms with Crippen molar-refractivity contribution in [2.24, 2.45) is 5.73 Å². The number of carbonyl (C=O) groups is 2.